The molecule has 7 nitrogen and oxygen atoms in total. The van der Waals surface area contributed by atoms with Gasteiger partial charge in [0.15, 0.2) is 0 Å². The van der Waals surface area contributed by atoms with Crippen LogP contribution < -0.4 is 0 Å². The van der Waals surface area contributed by atoms with Crippen LogP contribution in [0.1, 0.15) is 27.6 Å². The molecule has 0 bridgehead atoms. The van der Waals surface area contributed by atoms with Gasteiger partial charge in [0, 0.05) is 18.7 Å². The van der Waals surface area contributed by atoms with E-state index in [0.717, 1.165) is 17.1 Å². The van der Waals surface area contributed by atoms with E-state index in [-0.39, 0.29) is 5.91 Å². The molecule has 4 rings (SSSR count). The average molecular weight is 327 g/mol. The summed E-state index contributed by atoms with van der Waals surface area (Å²) in [4.78, 5) is 18.9. The lowest BCUT2D eigenvalue weighted by molar-refractivity contribution is 0.00602. The molecule has 24 heavy (non-hydrogen) atoms. The molecule has 0 atom stereocenters. The molecule has 0 aliphatic carbocycles. The van der Waals surface area contributed by atoms with Gasteiger partial charge in [0.25, 0.3) is 11.6 Å². The van der Waals surface area contributed by atoms with Crippen molar-refractivity contribution in [2.24, 2.45) is 0 Å². The van der Waals surface area contributed by atoms with E-state index < -0.39 is 6.10 Å². The maximum atomic E-state index is 12.8. The largest absolute Gasteiger partial charge is 0.466 e. The van der Waals surface area contributed by atoms with Crippen molar-refractivity contribution in [3.63, 3.8) is 0 Å². The normalized spacial score (nSPS) is 15.1. The maximum Gasteiger partial charge on any atom is 0.259 e. The van der Waals surface area contributed by atoms with Gasteiger partial charge in [-0.3, -0.25) is 4.79 Å². The van der Waals surface area contributed by atoms with E-state index in [4.69, 9.17) is 8.94 Å². The lowest BCUT2D eigenvalue weighted by atomic mass is 10.0. The van der Waals surface area contributed by atoms with E-state index in [1.54, 1.807) is 17.9 Å². The lowest BCUT2D eigenvalue weighted by Gasteiger charge is -2.36. The number of hydrogen-bond donors (Lipinski definition) is 1. The molecule has 0 aromatic carbocycles. The second-order valence-corrected chi connectivity index (χ2v) is 6.19. The van der Waals surface area contributed by atoms with Gasteiger partial charge in [-0.05, 0) is 32.9 Å². The van der Waals surface area contributed by atoms with Gasteiger partial charge in [0.2, 0.25) is 0 Å². The van der Waals surface area contributed by atoms with E-state index in [1.165, 1.54) is 0 Å². The van der Waals surface area contributed by atoms with Gasteiger partial charge in [-0.1, -0.05) is 5.16 Å². The molecule has 0 saturated carbocycles. The minimum absolute atomic E-state index is 0.155. The Hall–Kier alpha value is -2.67. The molecular formula is C17H17N3O4. The van der Waals surface area contributed by atoms with Gasteiger partial charge in [0.05, 0.1) is 28.4 Å². The van der Waals surface area contributed by atoms with E-state index in [0.29, 0.717) is 41.1 Å². The standard InChI is InChI=1S/C17H17N3O4/c1-8-4-12(10(3)23-8)14-5-13(17(22)20-6-11(21)7-20)15-9(2)19-24-16(15)18-14/h4-5,11,21H,6-7H2,1-3H3. The lowest BCUT2D eigenvalue weighted by Crippen LogP contribution is -2.53. The maximum absolute atomic E-state index is 12.8. The number of aliphatic hydroxyl groups excluding tert-OH is 1. The summed E-state index contributed by atoms with van der Waals surface area (Å²) in [6, 6.07) is 3.63. The molecule has 7 heteroatoms. The molecule has 1 N–H and O–H groups in total. The minimum Gasteiger partial charge on any atom is -0.466 e. The zero-order valence-electron chi connectivity index (χ0n) is 13.7. The third-order valence-corrected chi connectivity index (χ3v) is 4.31. The number of furan rings is 1. The Labute approximate surface area is 137 Å². The topological polar surface area (TPSA) is 92.6 Å². The molecule has 3 aromatic heterocycles. The first-order valence-electron chi connectivity index (χ1n) is 7.76. The van der Waals surface area contributed by atoms with Crippen LogP contribution in [-0.4, -0.2) is 45.2 Å². The molecule has 0 unspecified atom stereocenters. The highest BCUT2D eigenvalue weighted by Crippen LogP contribution is 2.31. The van der Waals surface area contributed by atoms with Crippen LogP contribution in [0.25, 0.3) is 22.4 Å². The number of fused-ring (bicyclic) bond motifs is 1. The second-order valence-electron chi connectivity index (χ2n) is 6.19. The molecule has 0 radical (unpaired) electrons. The summed E-state index contributed by atoms with van der Waals surface area (Å²) in [6.45, 7) is 6.18. The molecular weight excluding hydrogens is 310 g/mol. The average Bonchev–Trinajstić information content (AvgIpc) is 3.05. The molecule has 0 spiro atoms. The zero-order chi connectivity index (χ0) is 17.0. The van der Waals surface area contributed by atoms with Crippen molar-refractivity contribution >= 4 is 17.0 Å². The van der Waals surface area contributed by atoms with Gasteiger partial charge in [-0.2, -0.15) is 0 Å². The summed E-state index contributed by atoms with van der Waals surface area (Å²) < 4.78 is 10.9. The van der Waals surface area contributed by atoms with Crippen LogP contribution in [-0.2, 0) is 0 Å². The summed E-state index contributed by atoms with van der Waals surface area (Å²) in [5, 5.41) is 14.0. The molecule has 1 fully saturated rings. The summed E-state index contributed by atoms with van der Waals surface area (Å²) >= 11 is 0. The third kappa shape index (κ3) is 2.20. The van der Waals surface area contributed by atoms with E-state index in [9.17, 15) is 9.90 Å². The van der Waals surface area contributed by atoms with Crippen LogP contribution >= 0.6 is 0 Å². The first kappa shape index (κ1) is 14.9. The fourth-order valence-corrected chi connectivity index (χ4v) is 3.08. The number of carbonyl (C=O) groups excluding carboxylic acids is 1. The number of rotatable bonds is 2. The number of aromatic nitrogens is 2. The third-order valence-electron chi connectivity index (χ3n) is 4.31. The molecule has 1 amide bonds. The highest BCUT2D eigenvalue weighted by Gasteiger charge is 2.32. The van der Waals surface area contributed by atoms with Crippen LogP contribution in [0.2, 0.25) is 0 Å². The number of carbonyl (C=O) groups is 1. The molecule has 3 aromatic rings. The van der Waals surface area contributed by atoms with Crippen LogP contribution in [0, 0.1) is 20.8 Å². The van der Waals surface area contributed by atoms with E-state index in [1.807, 2.05) is 19.9 Å². The van der Waals surface area contributed by atoms with Crippen LogP contribution in [0.5, 0.6) is 0 Å². The predicted octanol–water partition coefficient (Wildman–Crippen LogP) is 2.22. The van der Waals surface area contributed by atoms with Crippen molar-refractivity contribution in [3.05, 3.63) is 34.9 Å². The molecule has 1 aliphatic heterocycles. The zero-order valence-corrected chi connectivity index (χ0v) is 13.7. The number of β-amino-alcohol motifs (C(OH)–C–C–N with tert-alkyl or cyclic N) is 1. The number of pyridine rings is 1. The number of likely N-dealkylation sites (tertiary alicyclic amines) is 1. The first-order chi connectivity index (χ1) is 11.4. The van der Waals surface area contributed by atoms with Crippen molar-refractivity contribution in [1.29, 1.82) is 0 Å². The van der Waals surface area contributed by atoms with Crippen molar-refractivity contribution in [1.82, 2.24) is 15.0 Å². The molecule has 1 aliphatic rings. The first-order valence-corrected chi connectivity index (χ1v) is 7.76. The van der Waals surface area contributed by atoms with Crippen molar-refractivity contribution < 1.29 is 18.8 Å². The van der Waals surface area contributed by atoms with Gasteiger partial charge in [-0.25, -0.2) is 4.98 Å². The monoisotopic (exact) mass is 327 g/mol. The molecule has 124 valence electrons. The Morgan fingerprint density at radius 2 is 2.04 bits per heavy atom. The van der Waals surface area contributed by atoms with Crippen molar-refractivity contribution in [2.45, 2.75) is 26.9 Å². The summed E-state index contributed by atoms with van der Waals surface area (Å²) in [5.74, 6) is 1.35. The fourth-order valence-electron chi connectivity index (χ4n) is 3.08. The number of nitrogens with zero attached hydrogens (tertiary/aromatic N) is 3. The number of amides is 1. The van der Waals surface area contributed by atoms with Gasteiger partial charge >= 0.3 is 0 Å². The Balaban J connectivity index is 1.89. The second kappa shape index (κ2) is 5.17. The SMILES string of the molecule is Cc1cc(-c2cc(C(=O)N3CC(O)C3)c3c(C)noc3n2)c(C)o1. The number of aliphatic hydroxyl groups is 1. The quantitative estimate of drug-likeness (QED) is 0.776. The Bertz CT molecular complexity index is 950. The van der Waals surface area contributed by atoms with E-state index >= 15 is 0 Å². The Morgan fingerprint density at radius 1 is 1.29 bits per heavy atom. The van der Waals surface area contributed by atoms with Crippen molar-refractivity contribution in [3.8, 4) is 11.3 Å². The van der Waals surface area contributed by atoms with Crippen LogP contribution in [0.3, 0.4) is 0 Å². The summed E-state index contributed by atoms with van der Waals surface area (Å²) in [7, 11) is 0. The van der Waals surface area contributed by atoms with Crippen LogP contribution in [0.4, 0.5) is 0 Å². The number of hydrogen-bond acceptors (Lipinski definition) is 6. The number of aryl methyl sites for hydroxylation is 3. The van der Waals surface area contributed by atoms with Crippen molar-refractivity contribution in [2.75, 3.05) is 13.1 Å². The fraction of sp³-hybridized carbons (Fsp3) is 0.353. The predicted molar refractivity (Wildman–Crippen MR) is 85.6 cm³/mol. The molecule has 4 heterocycles. The Morgan fingerprint density at radius 3 is 2.67 bits per heavy atom. The highest BCUT2D eigenvalue weighted by atomic mass is 16.5. The van der Waals surface area contributed by atoms with Gasteiger partial charge in [0.1, 0.15) is 11.5 Å². The smallest absolute Gasteiger partial charge is 0.259 e. The summed E-state index contributed by atoms with van der Waals surface area (Å²) in [5.41, 5.74) is 2.86. The van der Waals surface area contributed by atoms with E-state index in [2.05, 4.69) is 10.1 Å². The molecule has 1 saturated heterocycles. The van der Waals surface area contributed by atoms with Gasteiger partial charge < -0.3 is 18.9 Å². The summed E-state index contributed by atoms with van der Waals surface area (Å²) in [6.07, 6.45) is -0.451. The Kier molecular flexibility index (Phi) is 3.21. The van der Waals surface area contributed by atoms with Gasteiger partial charge in [-0.15, -0.1) is 0 Å². The highest BCUT2D eigenvalue weighted by molar-refractivity contribution is 6.07. The van der Waals surface area contributed by atoms with Crippen LogP contribution in [0.15, 0.2) is 21.1 Å². The minimum atomic E-state index is -0.451.